The Morgan fingerprint density at radius 2 is 1.66 bits per heavy atom. The molecule has 3 rings (SSSR count). The molecular formula is C24H23ClN2O5. The van der Waals surface area contributed by atoms with Crippen molar-refractivity contribution in [3.63, 3.8) is 0 Å². The molecule has 0 bridgehead atoms. The van der Waals surface area contributed by atoms with Gasteiger partial charge in [-0.1, -0.05) is 48.0 Å². The van der Waals surface area contributed by atoms with Crippen molar-refractivity contribution in [1.29, 1.82) is 0 Å². The second-order valence-electron chi connectivity index (χ2n) is 7.47. The minimum Gasteiger partial charge on any atom is -0.466 e. The normalized spacial score (nSPS) is 16.3. The van der Waals surface area contributed by atoms with Crippen LogP contribution in [0.25, 0.3) is 0 Å². The maximum atomic E-state index is 12.9. The predicted octanol–water partition coefficient (Wildman–Crippen LogP) is 5.16. The van der Waals surface area contributed by atoms with E-state index >= 15 is 0 Å². The molecule has 0 aromatic heterocycles. The van der Waals surface area contributed by atoms with Crippen LogP contribution < -0.4 is 0 Å². The summed E-state index contributed by atoms with van der Waals surface area (Å²) in [6.07, 6.45) is 0. The third-order valence-electron chi connectivity index (χ3n) is 5.68. The van der Waals surface area contributed by atoms with Crippen molar-refractivity contribution < 1.29 is 19.2 Å². The number of methoxy groups -OCH3 is 1. The number of halogens is 1. The van der Waals surface area contributed by atoms with E-state index in [2.05, 4.69) is 0 Å². The molecule has 0 saturated heterocycles. The fourth-order valence-electron chi connectivity index (χ4n) is 4.19. The zero-order chi connectivity index (χ0) is 23.6. The topological polar surface area (TPSA) is 89.8 Å². The lowest BCUT2D eigenvalue weighted by molar-refractivity contribution is -0.385. The van der Waals surface area contributed by atoms with E-state index in [4.69, 9.17) is 16.3 Å². The Balaban J connectivity index is 2.26. The molecule has 7 nitrogen and oxygen atoms in total. The van der Waals surface area contributed by atoms with E-state index in [-0.39, 0.29) is 23.6 Å². The molecule has 0 N–H and O–H groups in total. The third kappa shape index (κ3) is 4.16. The van der Waals surface area contributed by atoms with Crippen LogP contribution in [0.5, 0.6) is 0 Å². The van der Waals surface area contributed by atoms with Crippen LogP contribution in [0, 0.1) is 10.1 Å². The molecule has 0 aliphatic carbocycles. The number of benzene rings is 2. The zero-order valence-electron chi connectivity index (χ0n) is 18.2. The van der Waals surface area contributed by atoms with E-state index in [1.807, 2.05) is 0 Å². The number of rotatable bonds is 6. The molecular weight excluding hydrogens is 432 g/mol. The van der Waals surface area contributed by atoms with Crippen LogP contribution in [-0.2, 0) is 20.9 Å². The average molecular weight is 455 g/mol. The molecule has 1 atom stereocenters. The monoisotopic (exact) mass is 454 g/mol. The smallest absolute Gasteiger partial charge is 0.336 e. The quantitative estimate of drug-likeness (QED) is 0.340. The van der Waals surface area contributed by atoms with Crippen molar-refractivity contribution in [2.45, 2.75) is 33.2 Å². The van der Waals surface area contributed by atoms with Gasteiger partial charge in [0.1, 0.15) is 0 Å². The van der Waals surface area contributed by atoms with Gasteiger partial charge in [-0.3, -0.25) is 14.9 Å². The first kappa shape index (κ1) is 23.2. The summed E-state index contributed by atoms with van der Waals surface area (Å²) in [4.78, 5) is 38.6. The number of carbonyl (C=O) groups is 2. The maximum Gasteiger partial charge on any atom is 0.336 e. The number of Topliss-reactive ketones (excluding diaryl/α,β-unsaturated/α-hetero) is 1. The van der Waals surface area contributed by atoms with Gasteiger partial charge in [-0.05, 0) is 32.4 Å². The van der Waals surface area contributed by atoms with Crippen molar-refractivity contribution in [3.8, 4) is 0 Å². The number of esters is 1. The summed E-state index contributed by atoms with van der Waals surface area (Å²) in [6.45, 7) is 5.06. The van der Waals surface area contributed by atoms with Gasteiger partial charge in [0.15, 0.2) is 5.78 Å². The summed E-state index contributed by atoms with van der Waals surface area (Å²) in [7, 11) is 1.28. The molecule has 2 aromatic carbocycles. The number of ether oxygens (including phenoxy) is 1. The molecule has 0 amide bonds. The van der Waals surface area contributed by atoms with Gasteiger partial charge in [0.25, 0.3) is 5.69 Å². The highest BCUT2D eigenvalue weighted by molar-refractivity contribution is 6.31. The van der Waals surface area contributed by atoms with Crippen LogP contribution in [0.3, 0.4) is 0 Å². The fourth-order valence-corrected chi connectivity index (χ4v) is 4.43. The molecule has 0 fully saturated rings. The van der Waals surface area contributed by atoms with Crippen molar-refractivity contribution in [1.82, 2.24) is 4.90 Å². The van der Waals surface area contributed by atoms with Crippen LogP contribution in [0.4, 0.5) is 5.69 Å². The summed E-state index contributed by atoms with van der Waals surface area (Å²) >= 11 is 6.46. The number of hydrogen-bond donors (Lipinski definition) is 0. The molecule has 0 saturated carbocycles. The number of nitro groups is 1. The van der Waals surface area contributed by atoms with Crippen molar-refractivity contribution in [2.24, 2.45) is 0 Å². The summed E-state index contributed by atoms with van der Waals surface area (Å²) in [5.74, 6) is -1.53. The number of carbonyl (C=O) groups excluding carboxylic acids is 2. The second-order valence-corrected chi connectivity index (χ2v) is 7.88. The lowest BCUT2D eigenvalue weighted by Crippen LogP contribution is -2.34. The maximum absolute atomic E-state index is 12.9. The SMILES string of the molecule is COC(=O)C1=C(C)N(Cc2ccccc2[N+](=O)[O-])C(C)=C(C(C)=O)C1c1ccccc1Cl. The van der Waals surface area contributed by atoms with Crippen LogP contribution in [0.1, 0.15) is 37.8 Å². The van der Waals surface area contributed by atoms with Crippen LogP contribution in [0.15, 0.2) is 71.1 Å². The molecule has 166 valence electrons. The lowest BCUT2D eigenvalue weighted by Gasteiger charge is -2.38. The van der Waals surface area contributed by atoms with Gasteiger partial charge in [-0.2, -0.15) is 0 Å². The van der Waals surface area contributed by atoms with Gasteiger partial charge in [0.05, 0.1) is 24.2 Å². The highest BCUT2D eigenvalue weighted by Crippen LogP contribution is 2.45. The summed E-state index contributed by atoms with van der Waals surface area (Å²) in [5, 5.41) is 11.9. The molecule has 1 unspecified atom stereocenters. The lowest BCUT2D eigenvalue weighted by atomic mass is 9.78. The Morgan fingerprint density at radius 3 is 2.25 bits per heavy atom. The number of nitrogens with zero attached hydrogens (tertiary/aromatic N) is 2. The van der Waals surface area contributed by atoms with Crippen LogP contribution in [-0.4, -0.2) is 28.7 Å². The molecule has 32 heavy (non-hydrogen) atoms. The van der Waals surface area contributed by atoms with Crippen molar-refractivity contribution in [3.05, 3.63) is 97.3 Å². The first-order chi connectivity index (χ1) is 15.2. The summed E-state index contributed by atoms with van der Waals surface area (Å²) < 4.78 is 5.07. The van der Waals surface area contributed by atoms with Gasteiger partial charge < -0.3 is 9.64 Å². The predicted molar refractivity (Wildman–Crippen MR) is 121 cm³/mol. The van der Waals surface area contributed by atoms with Crippen LogP contribution in [0.2, 0.25) is 5.02 Å². The molecule has 2 aromatic rings. The average Bonchev–Trinajstić information content (AvgIpc) is 2.76. The minimum absolute atomic E-state index is 0.0367. The molecule has 0 spiro atoms. The number of ketones is 1. The molecule has 1 aliphatic heterocycles. The number of para-hydroxylation sites is 1. The molecule has 1 aliphatic rings. The van der Waals surface area contributed by atoms with E-state index < -0.39 is 16.8 Å². The Kier molecular flexibility index (Phi) is 6.79. The Labute approximate surface area is 191 Å². The van der Waals surface area contributed by atoms with Gasteiger partial charge in [-0.15, -0.1) is 0 Å². The minimum atomic E-state index is -0.712. The van der Waals surface area contributed by atoms with E-state index in [1.54, 1.807) is 61.2 Å². The van der Waals surface area contributed by atoms with Crippen LogP contribution >= 0.6 is 11.6 Å². The van der Waals surface area contributed by atoms with Gasteiger partial charge in [0.2, 0.25) is 0 Å². The first-order valence-electron chi connectivity index (χ1n) is 9.94. The molecule has 8 heteroatoms. The number of allylic oxidation sites excluding steroid dienone is 3. The number of nitro benzene ring substituents is 1. The largest absolute Gasteiger partial charge is 0.466 e. The van der Waals surface area contributed by atoms with E-state index in [9.17, 15) is 19.7 Å². The Bertz CT molecular complexity index is 1170. The highest BCUT2D eigenvalue weighted by atomic mass is 35.5. The van der Waals surface area contributed by atoms with E-state index in [1.165, 1.54) is 20.1 Å². The molecule has 1 heterocycles. The van der Waals surface area contributed by atoms with Gasteiger partial charge in [0, 0.05) is 39.5 Å². The number of hydrogen-bond acceptors (Lipinski definition) is 6. The Hall–Kier alpha value is -3.45. The summed E-state index contributed by atoms with van der Waals surface area (Å²) in [6, 6.07) is 13.4. The zero-order valence-corrected chi connectivity index (χ0v) is 19.0. The van der Waals surface area contributed by atoms with E-state index in [0.717, 1.165) is 0 Å². The second kappa shape index (κ2) is 9.36. The van der Waals surface area contributed by atoms with Gasteiger partial charge in [-0.25, -0.2) is 4.79 Å². The van der Waals surface area contributed by atoms with Crippen molar-refractivity contribution >= 4 is 29.0 Å². The standard InChI is InChI=1S/C24H23ClN2O5/c1-14-21(16(3)28)23(18-10-6-7-11-19(18)25)22(24(29)32-4)15(2)26(14)13-17-9-5-8-12-20(17)27(30)31/h5-12,23H,13H2,1-4H3. The third-order valence-corrected chi connectivity index (χ3v) is 6.03. The Morgan fingerprint density at radius 1 is 1.06 bits per heavy atom. The van der Waals surface area contributed by atoms with Crippen molar-refractivity contribution in [2.75, 3.05) is 7.11 Å². The van der Waals surface area contributed by atoms with Gasteiger partial charge >= 0.3 is 5.97 Å². The molecule has 0 radical (unpaired) electrons. The fraction of sp³-hybridized carbons (Fsp3) is 0.250. The summed E-state index contributed by atoms with van der Waals surface area (Å²) in [5.41, 5.74) is 2.85. The first-order valence-corrected chi connectivity index (χ1v) is 10.3. The van der Waals surface area contributed by atoms with E-state index in [0.29, 0.717) is 33.1 Å². The highest BCUT2D eigenvalue weighted by Gasteiger charge is 2.39.